The summed E-state index contributed by atoms with van der Waals surface area (Å²) in [7, 11) is 1.74. The Balaban J connectivity index is 1.67. The van der Waals surface area contributed by atoms with Crippen molar-refractivity contribution in [2.45, 2.75) is 37.8 Å². The molecule has 1 aliphatic heterocycles. The van der Waals surface area contributed by atoms with Crippen LogP contribution in [0.3, 0.4) is 0 Å². The SMILES string of the molecule is COC1CC(NC(=O)C2CCN(SC)CC2)C1. The monoisotopic (exact) mass is 258 g/mol. The fourth-order valence-electron chi connectivity index (χ4n) is 2.50. The van der Waals surface area contributed by atoms with Crippen LogP contribution in [0.4, 0.5) is 0 Å². The van der Waals surface area contributed by atoms with Crippen LogP contribution >= 0.6 is 11.9 Å². The van der Waals surface area contributed by atoms with Gasteiger partial charge in [0.05, 0.1) is 6.10 Å². The molecule has 1 heterocycles. The Bertz CT molecular complexity index is 261. The maximum absolute atomic E-state index is 12.0. The van der Waals surface area contributed by atoms with Gasteiger partial charge in [-0.05, 0) is 31.9 Å². The molecule has 0 aromatic carbocycles. The van der Waals surface area contributed by atoms with Gasteiger partial charge in [-0.15, -0.1) is 0 Å². The van der Waals surface area contributed by atoms with Crippen molar-refractivity contribution in [3.8, 4) is 0 Å². The first-order valence-electron chi connectivity index (χ1n) is 6.35. The maximum atomic E-state index is 12.0. The summed E-state index contributed by atoms with van der Waals surface area (Å²) in [6.45, 7) is 2.06. The first-order chi connectivity index (χ1) is 8.22. The third-order valence-electron chi connectivity index (χ3n) is 3.86. The number of nitrogens with one attached hydrogen (secondary N) is 1. The normalized spacial score (nSPS) is 30.9. The highest BCUT2D eigenvalue weighted by Gasteiger charge is 2.32. The predicted molar refractivity (Wildman–Crippen MR) is 69.8 cm³/mol. The molecule has 0 bridgehead atoms. The molecule has 1 saturated heterocycles. The second-order valence-electron chi connectivity index (χ2n) is 4.92. The van der Waals surface area contributed by atoms with Crippen molar-refractivity contribution < 1.29 is 9.53 Å². The minimum absolute atomic E-state index is 0.222. The van der Waals surface area contributed by atoms with E-state index in [9.17, 15) is 4.79 Å². The Morgan fingerprint density at radius 3 is 2.53 bits per heavy atom. The third kappa shape index (κ3) is 3.36. The summed E-state index contributed by atoms with van der Waals surface area (Å²) >= 11 is 1.78. The number of hydrogen-bond donors (Lipinski definition) is 1. The van der Waals surface area contributed by atoms with E-state index in [0.29, 0.717) is 12.1 Å². The smallest absolute Gasteiger partial charge is 0.223 e. The Hall–Kier alpha value is -0.260. The summed E-state index contributed by atoms with van der Waals surface area (Å²) in [5.74, 6) is 0.477. The first kappa shape index (κ1) is 13.2. The van der Waals surface area contributed by atoms with Crippen molar-refractivity contribution in [1.82, 2.24) is 9.62 Å². The number of ether oxygens (including phenoxy) is 1. The lowest BCUT2D eigenvalue weighted by atomic mass is 9.88. The molecule has 0 atom stereocenters. The second kappa shape index (κ2) is 6.07. The molecule has 17 heavy (non-hydrogen) atoms. The van der Waals surface area contributed by atoms with Gasteiger partial charge in [-0.1, -0.05) is 11.9 Å². The summed E-state index contributed by atoms with van der Waals surface area (Å²) in [5.41, 5.74) is 0. The first-order valence-corrected chi connectivity index (χ1v) is 7.53. The zero-order valence-electron chi connectivity index (χ0n) is 10.6. The molecule has 0 unspecified atom stereocenters. The predicted octanol–water partition coefficient (Wildman–Crippen LogP) is 1.27. The van der Waals surface area contributed by atoms with Crippen molar-refractivity contribution >= 4 is 17.9 Å². The highest BCUT2D eigenvalue weighted by molar-refractivity contribution is 7.96. The number of carbonyl (C=O) groups excluding carboxylic acids is 1. The quantitative estimate of drug-likeness (QED) is 0.771. The number of carbonyl (C=O) groups is 1. The van der Waals surface area contributed by atoms with Gasteiger partial charge in [-0.2, -0.15) is 0 Å². The molecule has 2 rings (SSSR count). The minimum Gasteiger partial charge on any atom is -0.381 e. The molecule has 1 saturated carbocycles. The van der Waals surface area contributed by atoms with Gasteiger partial charge in [0.1, 0.15) is 0 Å². The Morgan fingerprint density at radius 1 is 1.35 bits per heavy atom. The average molecular weight is 258 g/mol. The summed E-state index contributed by atoms with van der Waals surface area (Å²) in [5, 5.41) is 3.14. The van der Waals surface area contributed by atoms with Gasteiger partial charge in [0.2, 0.25) is 5.91 Å². The van der Waals surface area contributed by atoms with Gasteiger partial charge in [0.25, 0.3) is 0 Å². The van der Waals surface area contributed by atoms with Gasteiger partial charge < -0.3 is 10.1 Å². The molecule has 0 radical (unpaired) electrons. The summed E-state index contributed by atoms with van der Waals surface area (Å²) in [6.07, 6.45) is 6.40. The molecule has 0 spiro atoms. The van der Waals surface area contributed by atoms with Gasteiger partial charge in [0.15, 0.2) is 0 Å². The van der Waals surface area contributed by atoms with E-state index in [1.807, 2.05) is 0 Å². The third-order valence-corrected chi connectivity index (χ3v) is 4.74. The highest BCUT2D eigenvalue weighted by Crippen LogP contribution is 2.25. The molecule has 0 aromatic rings. The Kier molecular flexibility index (Phi) is 4.70. The van der Waals surface area contributed by atoms with Crippen molar-refractivity contribution in [3.63, 3.8) is 0 Å². The lowest BCUT2D eigenvalue weighted by molar-refractivity contribution is -0.128. The molecule has 1 amide bonds. The van der Waals surface area contributed by atoms with Crippen LogP contribution in [0.1, 0.15) is 25.7 Å². The van der Waals surface area contributed by atoms with Gasteiger partial charge in [-0.25, -0.2) is 0 Å². The van der Waals surface area contributed by atoms with Crippen LogP contribution in [0.25, 0.3) is 0 Å². The number of nitrogens with zero attached hydrogens (tertiary/aromatic N) is 1. The van der Waals surface area contributed by atoms with Crippen LogP contribution < -0.4 is 5.32 Å². The van der Waals surface area contributed by atoms with Crippen molar-refractivity contribution in [2.24, 2.45) is 5.92 Å². The molecule has 5 heteroatoms. The maximum Gasteiger partial charge on any atom is 0.223 e. The standard InChI is InChI=1S/C12H22N2O2S/c1-16-11-7-10(8-11)13-12(15)9-3-5-14(17-2)6-4-9/h9-11H,3-8H2,1-2H3,(H,13,15). The Labute approximate surface area is 108 Å². The molecule has 98 valence electrons. The largest absolute Gasteiger partial charge is 0.381 e. The second-order valence-corrected chi connectivity index (χ2v) is 5.80. The van der Waals surface area contributed by atoms with Crippen LogP contribution in [-0.2, 0) is 9.53 Å². The van der Waals surface area contributed by atoms with E-state index in [1.165, 1.54) is 0 Å². The molecule has 1 aliphatic carbocycles. The molecular formula is C12H22N2O2S. The van der Waals surface area contributed by atoms with Crippen LogP contribution in [0, 0.1) is 5.92 Å². The van der Waals surface area contributed by atoms with Gasteiger partial charge in [0, 0.05) is 32.2 Å². The van der Waals surface area contributed by atoms with E-state index in [1.54, 1.807) is 19.1 Å². The van der Waals surface area contributed by atoms with Crippen molar-refractivity contribution in [3.05, 3.63) is 0 Å². The summed E-state index contributed by atoms with van der Waals surface area (Å²) < 4.78 is 7.54. The molecular weight excluding hydrogens is 236 g/mol. The summed E-state index contributed by atoms with van der Waals surface area (Å²) in [6, 6.07) is 0.353. The molecule has 1 N–H and O–H groups in total. The Morgan fingerprint density at radius 2 is 2.00 bits per heavy atom. The number of hydrogen-bond acceptors (Lipinski definition) is 4. The van der Waals surface area contributed by atoms with E-state index >= 15 is 0 Å². The van der Waals surface area contributed by atoms with Crippen LogP contribution in [-0.4, -0.2) is 48.8 Å². The number of rotatable bonds is 4. The lowest BCUT2D eigenvalue weighted by Gasteiger charge is -2.36. The van der Waals surface area contributed by atoms with Crippen LogP contribution in [0.15, 0.2) is 0 Å². The number of piperidine rings is 1. The molecule has 4 nitrogen and oxygen atoms in total. The minimum atomic E-state index is 0.222. The zero-order chi connectivity index (χ0) is 12.3. The van der Waals surface area contributed by atoms with E-state index in [-0.39, 0.29) is 11.8 Å². The average Bonchev–Trinajstić information content (AvgIpc) is 2.33. The van der Waals surface area contributed by atoms with E-state index in [0.717, 1.165) is 38.8 Å². The van der Waals surface area contributed by atoms with E-state index in [2.05, 4.69) is 15.9 Å². The van der Waals surface area contributed by atoms with Gasteiger partial charge in [-0.3, -0.25) is 9.10 Å². The fraction of sp³-hybridized carbons (Fsp3) is 0.917. The number of methoxy groups -OCH3 is 1. The van der Waals surface area contributed by atoms with E-state index < -0.39 is 0 Å². The van der Waals surface area contributed by atoms with Gasteiger partial charge >= 0.3 is 0 Å². The zero-order valence-corrected chi connectivity index (χ0v) is 11.5. The van der Waals surface area contributed by atoms with E-state index in [4.69, 9.17) is 4.74 Å². The van der Waals surface area contributed by atoms with Crippen LogP contribution in [0.5, 0.6) is 0 Å². The van der Waals surface area contributed by atoms with Crippen LogP contribution in [0.2, 0.25) is 0 Å². The highest BCUT2D eigenvalue weighted by atomic mass is 32.2. The molecule has 0 aromatic heterocycles. The molecule has 2 aliphatic rings. The van der Waals surface area contributed by atoms with Crippen molar-refractivity contribution in [2.75, 3.05) is 26.5 Å². The number of amides is 1. The molecule has 2 fully saturated rings. The summed E-state index contributed by atoms with van der Waals surface area (Å²) in [4.78, 5) is 12.0. The lowest BCUT2D eigenvalue weighted by Crippen LogP contribution is -2.50. The topological polar surface area (TPSA) is 41.6 Å². The van der Waals surface area contributed by atoms with Crippen molar-refractivity contribution in [1.29, 1.82) is 0 Å². The fourth-order valence-corrected chi connectivity index (χ4v) is 3.07.